The Balaban J connectivity index is 2.04. The summed E-state index contributed by atoms with van der Waals surface area (Å²) >= 11 is 1.52. The minimum atomic E-state index is -0.0204. The highest BCUT2D eigenvalue weighted by Crippen LogP contribution is 2.23. The second kappa shape index (κ2) is 5.83. The predicted molar refractivity (Wildman–Crippen MR) is 64.2 cm³/mol. The minimum absolute atomic E-state index is 0.0204. The second-order valence-corrected chi connectivity index (χ2v) is 4.65. The zero-order chi connectivity index (χ0) is 12.1. The van der Waals surface area contributed by atoms with Crippen LogP contribution in [-0.4, -0.2) is 39.5 Å². The first-order valence-electron chi connectivity index (χ1n) is 5.34. The minimum Gasteiger partial charge on any atom is -0.409 e. The maximum absolute atomic E-state index is 8.65. The van der Waals surface area contributed by atoms with E-state index in [9.17, 15) is 0 Å². The zero-order valence-electron chi connectivity index (χ0n) is 9.24. The summed E-state index contributed by atoms with van der Waals surface area (Å²) in [5, 5.41) is 12.3. The molecule has 1 unspecified atom stereocenters. The Morgan fingerprint density at radius 1 is 1.59 bits per heavy atom. The quantitative estimate of drug-likeness (QED) is 0.272. The molecule has 1 aromatic heterocycles. The van der Waals surface area contributed by atoms with Gasteiger partial charge in [-0.1, -0.05) is 5.16 Å². The molecular weight excluding hydrogens is 240 g/mol. The molecule has 92 valence electrons. The van der Waals surface area contributed by atoms with Gasteiger partial charge in [0.25, 0.3) is 0 Å². The van der Waals surface area contributed by atoms with E-state index in [2.05, 4.69) is 15.1 Å². The van der Waals surface area contributed by atoms with Gasteiger partial charge in [0.15, 0.2) is 5.84 Å². The molecule has 0 bridgehead atoms. The van der Waals surface area contributed by atoms with Crippen LogP contribution in [0.1, 0.15) is 18.5 Å². The van der Waals surface area contributed by atoms with E-state index in [1.165, 1.54) is 18.0 Å². The molecule has 0 aliphatic carbocycles. The molecule has 1 atom stereocenters. The lowest BCUT2D eigenvalue weighted by Crippen LogP contribution is -2.17. The molecule has 17 heavy (non-hydrogen) atoms. The number of amidine groups is 1. The van der Waals surface area contributed by atoms with E-state index in [4.69, 9.17) is 15.7 Å². The molecule has 1 aromatic rings. The number of oxime groups is 1. The maximum atomic E-state index is 8.65. The van der Waals surface area contributed by atoms with Crippen LogP contribution in [0.5, 0.6) is 0 Å². The summed E-state index contributed by atoms with van der Waals surface area (Å²) in [6, 6.07) is 0. The number of aromatic nitrogens is 2. The number of hydrogen-bond donors (Lipinski definition) is 2. The number of hydrogen-bond acceptors (Lipinski definition) is 6. The first kappa shape index (κ1) is 12.1. The summed E-state index contributed by atoms with van der Waals surface area (Å²) in [5.74, 6) is 0.789. The van der Waals surface area contributed by atoms with Gasteiger partial charge in [0.05, 0.1) is 6.10 Å². The van der Waals surface area contributed by atoms with Crippen molar-refractivity contribution in [3.63, 3.8) is 0 Å². The molecule has 1 saturated heterocycles. The summed E-state index contributed by atoms with van der Waals surface area (Å²) in [4.78, 5) is 8.24. The summed E-state index contributed by atoms with van der Waals surface area (Å²) in [7, 11) is 0. The lowest BCUT2D eigenvalue weighted by molar-refractivity contribution is 0.129. The van der Waals surface area contributed by atoms with E-state index in [0.717, 1.165) is 25.2 Å². The van der Waals surface area contributed by atoms with Crippen LogP contribution in [0.2, 0.25) is 0 Å². The number of rotatable bonds is 4. The Bertz CT molecular complexity index is 407. The third kappa shape index (κ3) is 3.07. The van der Waals surface area contributed by atoms with Crippen LogP contribution in [0.4, 0.5) is 0 Å². The van der Waals surface area contributed by atoms with Crippen molar-refractivity contribution in [3.05, 3.63) is 18.1 Å². The van der Waals surface area contributed by atoms with Gasteiger partial charge >= 0.3 is 0 Å². The molecule has 0 amide bonds. The van der Waals surface area contributed by atoms with Crippen molar-refractivity contribution in [2.75, 3.05) is 12.4 Å². The molecule has 1 fully saturated rings. The van der Waals surface area contributed by atoms with Gasteiger partial charge < -0.3 is 15.7 Å². The van der Waals surface area contributed by atoms with Crippen molar-refractivity contribution in [2.24, 2.45) is 10.9 Å². The van der Waals surface area contributed by atoms with Gasteiger partial charge in [0.1, 0.15) is 10.7 Å². The van der Waals surface area contributed by atoms with Crippen LogP contribution < -0.4 is 5.73 Å². The molecular formula is C10H14N4O2S. The summed E-state index contributed by atoms with van der Waals surface area (Å²) in [5.41, 5.74) is 5.95. The zero-order valence-corrected chi connectivity index (χ0v) is 10.1. The van der Waals surface area contributed by atoms with E-state index in [0.29, 0.717) is 10.7 Å². The normalized spacial score (nSPS) is 20.7. The highest BCUT2D eigenvalue weighted by molar-refractivity contribution is 7.99. The largest absolute Gasteiger partial charge is 0.409 e. The smallest absolute Gasteiger partial charge is 0.191 e. The Labute approximate surface area is 103 Å². The SMILES string of the molecule is NC(=NO)c1nccnc1SCC1CCCO1. The average molecular weight is 254 g/mol. The molecule has 0 radical (unpaired) electrons. The Morgan fingerprint density at radius 3 is 3.12 bits per heavy atom. The van der Waals surface area contributed by atoms with E-state index in [-0.39, 0.29) is 11.9 Å². The monoisotopic (exact) mass is 254 g/mol. The van der Waals surface area contributed by atoms with Crippen molar-refractivity contribution in [2.45, 2.75) is 24.0 Å². The first-order valence-corrected chi connectivity index (χ1v) is 6.33. The van der Waals surface area contributed by atoms with Crippen LogP contribution >= 0.6 is 11.8 Å². The number of ether oxygens (including phenoxy) is 1. The van der Waals surface area contributed by atoms with Crippen LogP contribution in [0.15, 0.2) is 22.6 Å². The molecule has 2 heterocycles. The molecule has 0 aromatic carbocycles. The molecule has 1 aliphatic heterocycles. The molecule has 1 aliphatic rings. The van der Waals surface area contributed by atoms with Gasteiger partial charge in [-0.3, -0.25) is 0 Å². The fourth-order valence-corrected chi connectivity index (χ4v) is 2.64. The van der Waals surface area contributed by atoms with Gasteiger partial charge in [-0.15, -0.1) is 11.8 Å². The molecule has 6 nitrogen and oxygen atoms in total. The van der Waals surface area contributed by atoms with Crippen molar-refractivity contribution in [3.8, 4) is 0 Å². The molecule has 0 spiro atoms. The maximum Gasteiger partial charge on any atom is 0.191 e. The second-order valence-electron chi connectivity index (χ2n) is 3.64. The van der Waals surface area contributed by atoms with E-state index in [1.54, 1.807) is 6.20 Å². The number of nitrogens with two attached hydrogens (primary N) is 1. The van der Waals surface area contributed by atoms with Crippen molar-refractivity contribution in [1.82, 2.24) is 9.97 Å². The van der Waals surface area contributed by atoms with Gasteiger partial charge in [-0.05, 0) is 12.8 Å². The highest BCUT2D eigenvalue weighted by atomic mass is 32.2. The van der Waals surface area contributed by atoms with Crippen molar-refractivity contribution < 1.29 is 9.94 Å². The first-order chi connectivity index (χ1) is 8.31. The van der Waals surface area contributed by atoms with Crippen LogP contribution in [0, 0.1) is 0 Å². The summed E-state index contributed by atoms with van der Waals surface area (Å²) in [6.45, 7) is 0.832. The third-order valence-electron chi connectivity index (χ3n) is 2.44. The van der Waals surface area contributed by atoms with E-state index < -0.39 is 0 Å². The van der Waals surface area contributed by atoms with Gasteiger partial charge in [0.2, 0.25) is 0 Å². The van der Waals surface area contributed by atoms with E-state index in [1.807, 2.05) is 0 Å². The molecule has 3 N–H and O–H groups in total. The summed E-state index contributed by atoms with van der Waals surface area (Å²) < 4.78 is 5.52. The molecule has 7 heteroatoms. The van der Waals surface area contributed by atoms with Crippen LogP contribution in [-0.2, 0) is 4.74 Å². The fourth-order valence-electron chi connectivity index (χ4n) is 1.60. The lowest BCUT2D eigenvalue weighted by Gasteiger charge is -2.09. The van der Waals surface area contributed by atoms with Crippen LogP contribution in [0.3, 0.4) is 0 Å². The average Bonchev–Trinajstić information content (AvgIpc) is 2.89. The lowest BCUT2D eigenvalue weighted by atomic mass is 10.3. The topological polar surface area (TPSA) is 93.6 Å². The predicted octanol–water partition coefficient (Wildman–Crippen LogP) is 0.842. The van der Waals surface area contributed by atoms with Crippen molar-refractivity contribution >= 4 is 17.6 Å². The van der Waals surface area contributed by atoms with Gasteiger partial charge in [-0.25, -0.2) is 9.97 Å². The van der Waals surface area contributed by atoms with Gasteiger partial charge in [0, 0.05) is 24.8 Å². The Hall–Kier alpha value is -1.34. The Kier molecular flexibility index (Phi) is 4.16. The van der Waals surface area contributed by atoms with Gasteiger partial charge in [-0.2, -0.15) is 0 Å². The number of nitrogens with zero attached hydrogens (tertiary/aromatic N) is 3. The molecule has 2 rings (SSSR count). The highest BCUT2D eigenvalue weighted by Gasteiger charge is 2.18. The van der Waals surface area contributed by atoms with Crippen LogP contribution in [0.25, 0.3) is 0 Å². The fraction of sp³-hybridized carbons (Fsp3) is 0.500. The Morgan fingerprint density at radius 2 is 2.41 bits per heavy atom. The molecule has 0 saturated carbocycles. The summed E-state index contributed by atoms with van der Waals surface area (Å²) in [6.07, 6.45) is 5.56. The van der Waals surface area contributed by atoms with Crippen molar-refractivity contribution in [1.29, 1.82) is 0 Å². The van der Waals surface area contributed by atoms with E-state index >= 15 is 0 Å². The standard InChI is InChI=1S/C10H14N4O2S/c11-9(14-15)8-10(13-4-3-12-8)17-6-7-2-1-5-16-7/h3-4,7,15H,1-2,5-6H2,(H2,11,14). The number of thioether (sulfide) groups is 1. The third-order valence-corrected chi connectivity index (χ3v) is 3.56.